The lowest BCUT2D eigenvalue weighted by molar-refractivity contribution is 0.153. The molecule has 644 valence electrons. The molecule has 21 rings (SSSR count). The maximum absolute atomic E-state index is 14.7. The number of hydrogen-bond acceptors (Lipinski definition) is 27. The number of aromatic nitrogens is 22. The van der Waals surface area contributed by atoms with E-state index < -0.39 is 23.9 Å². The van der Waals surface area contributed by atoms with E-state index in [9.17, 15) is 30.7 Å². The highest BCUT2D eigenvalue weighted by Crippen LogP contribution is 2.45. The molecule has 0 atom stereocenters. The summed E-state index contributed by atoms with van der Waals surface area (Å²) in [6.45, 7) is 7.79. The summed E-state index contributed by atoms with van der Waals surface area (Å²) in [4.78, 5) is 51.0. The summed E-state index contributed by atoms with van der Waals surface area (Å²) < 4.78 is 95.8. The highest BCUT2D eigenvalue weighted by molar-refractivity contribution is 5.95. The second-order valence-corrected chi connectivity index (χ2v) is 30.1. The molecule has 1 aliphatic rings. The first-order chi connectivity index (χ1) is 63.5. The lowest BCUT2D eigenvalue weighted by Gasteiger charge is -2.11. The Morgan fingerprint density at radius 3 is 1.15 bits per heavy atom. The fraction of sp³-hybridized carbons (Fsp3) is 0.0928. The third kappa shape index (κ3) is 19.0. The van der Waals surface area contributed by atoms with Crippen molar-refractivity contribution >= 4 is 84.3 Å². The number of aryl methyl sites for hydroxylation is 4. The van der Waals surface area contributed by atoms with Crippen molar-refractivity contribution < 1.29 is 30.7 Å². The van der Waals surface area contributed by atoms with Gasteiger partial charge in [0.2, 0.25) is 29.7 Å². The summed E-state index contributed by atoms with van der Waals surface area (Å²) in [6.07, 6.45) is 10.3. The van der Waals surface area contributed by atoms with Crippen LogP contribution in [0.1, 0.15) is 65.8 Å². The van der Waals surface area contributed by atoms with Crippen molar-refractivity contribution in [3.8, 4) is 113 Å². The van der Waals surface area contributed by atoms with E-state index in [1.807, 2.05) is 111 Å². The normalized spacial score (nSPS) is 11.6. The highest BCUT2D eigenvalue weighted by Gasteiger charge is 2.28. The summed E-state index contributed by atoms with van der Waals surface area (Å²) >= 11 is 0. The van der Waals surface area contributed by atoms with Gasteiger partial charge in [-0.1, -0.05) is 55.5 Å². The minimum absolute atomic E-state index is 0.0335. The number of halogens is 7. The molecular formula is C97H72F7N27. The van der Waals surface area contributed by atoms with E-state index in [1.165, 1.54) is 97.7 Å². The van der Waals surface area contributed by atoms with Gasteiger partial charge >= 0.3 is 0 Å². The van der Waals surface area contributed by atoms with Crippen molar-refractivity contribution in [3.05, 3.63) is 318 Å². The van der Waals surface area contributed by atoms with Crippen molar-refractivity contribution in [1.82, 2.24) is 111 Å². The van der Waals surface area contributed by atoms with E-state index in [0.29, 0.717) is 118 Å². The smallest absolute Gasteiger partial charge is 0.264 e. The maximum Gasteiger partial charge on any atom is 0.264 e. The summed E-state index contributed by atoms with van der Waals surface area (Å²) in [6, 6.07) is 61.4. The number of fused-ring (bicyclic) bond motifs is 5. The molecule has 0 radical (unpaired) electrons. The minimum Gasteiger partial charge on any atom is -0.366 e. The molecular weight excluding hydrogens is 1680 g/mol. The third-order valence-corrected chi connectivity index (χ3v) is 21.4. The Morgan fingerprint density at radius 1 is 0.313 bits per heavy atom. The zero-order valence-electron chi connectivity index (χ0n) is 69.9. The largest absolute Gasteiger partial charge is 0.366 e. The van der Waals surface area contributed by atoms with Gasteiger partial charge in [-0.25, -0.2) is 65.6 Å². The highest BCUT2D eigenvalue weighted by atomic mass is 19.3. The van der Waals surface area contributed by atoms with Gasteiger partial charge in [0.05, 0.1) is 16.6 Å². The number of nitrogens with zero attached hydrogens (tertiary/aromatic N) is 22. The fourth-order valence-corrected chi connectivity index (χ4v) is 14.9. The number of nitrogen functional groups attached to an aromatic ring is 5. The van der Waals surface area contributed by atoms with Crippen LogP contribution in [0.2, 0.25) is 0 Å². The van der Waals surface area contributed by atoms with E-state index >= 15 is 0 Å². The van der Waals surface area contributed by atoms with E-state index in [4.69, 9.17) is 28.7 Å². The zero-order valence-corrected chi connectivity index (χ0v) is 69.9. The Balaban J connectivity index is 0.000000115. The first-order valence-corrected chi connectivity index (χ1v) is 40.7. The maximum atomic E-state index is 14.7. The van der Waals surface area contributed by atoms with Crippen molar-refractivity contribution in [2.24, 2.45) is 0 Å². The topological polar surface area (TPSA) is 414 Å². The van der Waals surface area contributed by atoms with Gasteiger partial charge in [-0.05, 0) is 233 Å². The molecule has 0 saturated heterocycles. The van der Waals surface area contributed by atoms with Crippen LogP contribution >= 0.6 is 0 Å². The molecule has 1 aliphatic carbocycles. The Morgan fingerprint density at radius 2 is 0.687 bits per heavy atom. The first-order valence-electron chi connectivity index (χ1n) is 40.7. The number of pyridine rings is 5. The van der Waals surface area contributed by atoms with Crippen LogP contribution in [-0.4, -0.2) is 111 Å². The van der Waals surface area contributed by atoms with Crippen LogP contribution in [0.5, 0.6) is 0 Å². The SMILES string of the molecule is CCc1ccnc2c(F)cc(-c3nnc(N)nc3-c3ccccc3)cc12.Cc1cc(-c2nc(N)nnc2-c2ccc3nccc(C)c3c2)ccn1.Cc1ncnc2c(F)cc(-c3nnc(N)nc3-c3ccc(F)cc3)cc12.Nc1nnc(-c2ccc3nccc(C(F)F)c3c2)c(-c2ccc(F)cc2)n1.Nc1nnc(-c2ccc3nccc(C4CC4)c3c2)c(-c2ccc(F)cc2)n1. The van der Waals surface area contributed by atoms with Crippen LogP contribution in [0.25, 0.3) is 167 Å². The van der Waals surface area contributed by atoms with Gasteiger partial charge < -0.3 is 28.7 Å². The summed E-state index contributed by atoms with van der Waals surface area (Å²) in [7, 11) is 0. The summed E-state index contributed by atoms with van der Waals surface area (Å²) in [5, 5.41) is 44.1. The predicted octanol–water partition coefficient (Wildman–Crippen LogP) is 19.5. The van der Waals surface area contributed by atoms with Crippen molar-refractivity contribution in [2.45, 2.75) is 59.3 Å². The van der Waals surface area contributed by atoms with Crippen LogP contribution in [0.15, 0.2) is 256 Å². The average molecular weight is 1750 g/mol. The van der Waals surface area contributed by atoms with E-state index in [0.717, 1.165) is 78.3 Å². The van der Waals surface area contributed by atoms with Crippen molar-refractivity contribution in [3.63, 3.8) is 0 Å². The van der Waals surface area contributed by atoms with Crippen LogP contribution in [0, 0.1) is 49.9 Å². The molecule has 1 saturated carbocycles. The molecule has 0 amide bonds. The molecule has 11 aromatic heterocycles. The van der Waals surface area contributed by atoms with Gasteiger partial charge in [0.15, 0.2) is 0 Å². The number of alkyl halides is 2. The standard InChI is InChI=1S/C21H16FN5.C20H16FN5.C19H12F3N5.C19H16N6.C18H12F2N6/c22-15-6-3-13(4-7-15)19-20(26-27-21(23)25-19)14-5-8-18-17(11-14)16(9-10-24-18)12-1-2-12;1-2-12-8-9-23-19-15(12)10-14(11-16(19)21)18-17(24-20(22)26-25-18)13-6-4-3-5-7-13;20-12-4-1-10(2-5-12)16-17(26-27-19(23)25-16)11-3-6-15-14(9-11)13(18(21)22)7-8-24-15;1-11-5-7-22-16-4-3-13(10-15(11)16)18-17(23-19(20)25-24-18)14-6-8-21-12(2)9-14;1-9-13-6-11(7-14(20)17(13)23-8-22-9)16-15(24-18(21)26-25-16)10-2-4-12(19)5-3-10/h3-12H,1-2H2,(H2,23,25,27);3-11H,2H2,1H3,(H2,22,24,26);1-9,18H,(H2,23,25,27);3-10H,1-2H3,(H2,20,23,25);2-8H,1H3,(H2,21,24,26). The molecule has 131 heavy (non-hydrogen) atoms. The molecule has 27 nitrogen and oxygen atoms in total. The summed E-state index contributed by atoms with van der Waals surface area (Å²) in [5.74, 6) is -1.15. The Labute approximate surface area is 740 Å². The Bertz CT molecular complexity index is 7530. The first kappa shape index (κ1) is 85.8. The third-order valence-electron chi connectivity index (χ3n) is 21.4. The van der Waals surface area contributed by atoms with Crippen LogP contribution in [-0.2, 0) is 6.42 Å². The van der Waals surface area contributed by atoms with Gasteiger partial charge in [0, 0.05) is 131 Å². The van der Waals surface area contributed by atoms with Gasteiger partial charge in [-0.3, -0.25) is 24.9 Å². The second-order valence-electron chi connectivity index (χ2n) is 30.1. The van der Waals surface area contributed by atoms with E-state index in [2.05, 4.69) is 136 Å². The van der Waals surface area contributed by atoms with E-state index in [1.54, 1.807) is 67.8 Å². The molecule has 0 unspecified atom stereocenters. The van der Waals surface area contributed by atoms with Crippen molar-refractivity contribution in [1.29, 1.82) is 0 Å². The molecule has 9 aromatic carbocycles. The lowest BCUT2D eigenvalue weighted by atomic mass is 9.99. The number of anilines is 5. The lowest BCUT2D eigenvalue weighted by Crippen LogP contribution is -2.03. The van der Waals surface area contributed by atoms with Crippen LogP contribution in [0.4, 0.5) is 60.5 Å². The van der Waals surface area contributed by atoms with E-state index in [-0.39, 0.29) is 52.5 Å². The molecule has 10 N–H and O–H groups in total. The van der Waals surface area contributed by atoms with Crippen LogP contribution < -0.4 is 28.7 Å². The van der Waals surface area contributed by atoms with Gasteiger partial charge in [-0.2, -0.15) is 0 Å². The number of hydrogen-bond donors (Lipinski definition) is 5. The molecule has 0 aliphatic heterocycles. The minimum atomic E-state index is -2.64. The number of benzene rings is 9. The van der Waals surface area contributed by atoms with Gasteiger partial charge in [-0.15, -0.1) is 51.0 Å². The van der Waals surface area contributed by atoms with Crippen LogP contribution in [0.3, 0.4) is 0 Å². The van der Waals surface area contributed by atoms with Gasteiger partial charge in [0.1, 0.15) is 103 Å². The number of nitrogens with two attached hydrogens (primary N) is 5. The molecule has 11 heterocycles. The molecule has 0 spiro atoms. The molecule has 1 fully saturated rings. The quantitative estimate of drug-likeness (QED) is 0.0669. The molecule has 20 aromatic rings. The second kappa shape index (κ2) is 37.5. The number of rotatable bonds is 13. The zero-order chi connectivity index (χ0) is 91.1. The Hall–Kier alpha value is -17.3. The fourth-order valence-electron chi connectivity index (χ4n) is 14.9. The van der Waals surface area contributed by atoms with Crippen molar-refractivity contribution in [2.75, 3.05) is 28.7 Å². The Kier molecular flexibility index (Phi) is 24.5. The predicted molar refractivity (Wildman–Crippen MR) is 488 cm³/mol. The molecule has 34 heteroatoms. The molecule has 0 bridgehead atoms. The summed E-state index contributed by atoms with van der Waals surface area (Å²) in [5.41, 5.74) is 48.5. The average Bonchev–Trinajstić information content (AvgIpc) is 1.75. The monoisotopic (exact) mass is 1750 g/mol. The van der Waals surface area contributed by atoms with Gasteiger partial charge in [0.25, 0.3) is 6.43 Å².